The molecule has 2 aromatic rings. The van der Waals surface area contributed by atoms with Crippen molar-refractivity contribution in [1.82, 2.24) is 10.2 Å². The second kappa shape index (κ2) is 10.2. The second-order valence-electron chi connectivity index (χ2n) is 7.20. The van der Waals surface area contributed by atoms with Gasteiger partial charge in [0, 0.05) is 31.6 Å². The van der Waals surface area contributed by atoms with E-state index in [2.05, 4.69) is 47.5 Å². The van der Waals surface area contributed by atoms with Crippen molar-refractivity contribution in [3.8, 4) is 11.5 Å². The molecule has 0 radical (unpaired) electrons. The summed E-state index contributed by atoms with van der Waals surface area (Å²) < 4.78 is 10.6. The highest BCUT2D eigenvalue weighted by atomic mass is 16.5. The normalized spacial score (nSPS) is 17.9. The molecule has 0 amide bonds. The zero-order chi connectivity index (χ0) is 20.6. The molecule has 1 aliphatic rings. The molecule has 156 valence electrons. The van der Waals surface area contributed by atoms with Crippen molar-refractivity contribution in [3.63, 3.8) is 0 Å². The van der Waals surface area contributed by atoms with Crippen molar-refractivity contribution < 1.29 is 14.6 Å². The fourth-order valence-electron chi connectivity index (χ4n) is 3.68. The van der Waals surface area contributed by atoms with E-state index in [1.807, 2.05) is 12.1 Å². The van der Waals surface area contributed by atoms with Crippen LogP contribution in [-0.4, -0.2) is 56.4 Å². The summed E-state index contributed by atoms with van der Waals surface area (Å²) in [6.45, 7) is 5.00. The predicted octanol–water partition coefficient (Wildman–Crippen LogP) is 3.19. The number of methoxy groups -OCH3 is 2. The quantitative estimate of drug-likeness (QED) is 0.555. The van der Waals surface area contributed by atoms with E-state index in [4.69, 9.17) is 14.5 Å². The van der Waals surface area contributed by atoms with Gasteiger partial charge in [0.15, 0.2) is 5.96 Å². The van der Waals surface area contributed by atoms with Crippen molar-refractivity contribution in [2.24, 2.45) is 4.99 Å². The Morgan fingerprint density at radius 3 is 2.48 bits per heavy atom. The van der Waals surface area contributed by atoms with Crippen molar-refractivity contribution in [1.29, 1.82) is 0 Å². The maximum absolute atomic E-state index is 10.7. The van der Waals surface area contributed by atoms with Crippen molar-refractivity contribution in [2.75, 3.05) is 40.4 Å². The number of ether oxygens (including phenoxy) is 2. The largest absolute Gasteiger partial charge is 0.497 e. The van der Waals surface area contributed by atoms with Crippen LogP contribution in [0.15, 0.2) is 53.5 Å². The summed E-state index contributed by atoms with van der Waals surface area (Å²) in [5, 5.41) is 14.0. The van der Waals surface area contributed by atoms with Gasteiger partial charge in [-0.1, -0.05) is 30.3 Å². The van der Waals surface area contributed by atoms with Gasteiger partial charge in [0.05, 0.1) is 26.9 Å². The molecular weight excluding hydrogens is 366 g/mol. The van der Waals surface area contributed by atoms with Gasteiger partial charge in [-0.25, -0.2) is 0 Å². The summed E-state index contributed by atoms with van der Waals surface area (Å²) in [5.41, 5.74) is 2.10. The van der Waals surface area contributed by atoms with E-state index >= 15 is 0 Å². The first kappa shape index (κ1) is 21.0. The molecule has 6 nitrogen and oxygen atoms in total. The first-order chi connectivity index (χ1) is 14.1. The number of likely N-dealkylation sites (tertiary alicyclic amines) is 1. The van der Waals surface area contributed by atoms with Gasteiger partial charge >= 0.3 is 0 Å². The molecule has 29 heavy (non-hydrogen) atoms. The maximum Gasteiger partial charge on any atom is 0.194 e. The van der Waals surface area contributed by atoms with Crippen LogP contribution in [0.3, 0.4) is 0 Å². The number of benzene rings is 2. The molecule has 0 saturated carbocycles. The number of rotatable bonds is 7. The van der Waals surface area contributed by atoms with Gasteiger partial charge in [-0.3, -0.25) is 4.99 Å². The zero-order valence-corrected chi connectivity index (χ0v) is 17.5. The van der Waals surface area contributed by atoms with Crippen LogP contribution in [0.4, 0.5) is 0 Å². The number of aliphatic hydroxyl groups excluding tert-OH is 1. The molecule has 3 rings (SSSR count). The van der Waals surface area contributed by atoms with Gasteiger partial charge in [0.2, 0.25) is 0 Å². The summed E-state index contributed by atoms with van der Waals surface area (Å²) in [6.07, 6.45) is 0.365. The number of hydrogen-bond donors (Lipinski definition) is 2. The zero-order valence-electron chi connectivity index (χ0n) is 17.5. The molecular formula is C23H31N3O3. The third-order valence-corrected chi connectivity index (χ3v) is 5.27. The molecule has 1 saturated heterocycles. The summed E-state index contributed by atoms with van der Waals surface area (Å²) >= 11 is 0. The topological polar surface area (TPSA) is 66.3 Å². The SMILES string of the molecule is CCNC(=NCC(O)c1cc(OC)cc(OC)c1)N1CCC(c2ccccc2)C1. The Bertz CT molecular complexity index is 788. The Labute approximate surface area is 173 Å². The molecule has 2 aromatic carbocycles. The molecule has 1 aliphatic heterocycles. The van der Waals surface area contributed by atoms with Crippen LogP contribution in [0.1, 0.15) is 36.5 Å². The average Bonchev–Trinajstić information content (AvgIpc) is 3.26. The fourth-order valence-corrected chi connectivity index (χ4v) is 3.68. The van der Waals surface area contributed by atoms with Crippen LogP contribution in [0.2, 0.25) is 0 Å². The number of nitrogens with zero attached hydrogens (tertiary/aromatic N) is 2. The highest BCUT2D eigenvalue weighted by Gasteiger charge is 2.26. The number of hydrogen-bond acceptors (Lipinski definition) is 4. The van der Waals surface area contributed by atoms with Gasteiger partial charge in [0.1, 0.15) is 11.5 Å². The molecule has 1 heterocycles. The van der Waals surface area contributed by atoms with E-state index < -0.39 is 6.10 Å². The van der Waals surface area contributed by atoms with Gasteiger partial charge in [-0.05, 0) is 36.6 Å². The molecule has 2 unspecified atom stereocenters. The van der Waals surface area contributed by atoms with Gasteiger partial charge in [-0.2, -0.15) is 0 Å². The highest BCUT2D eigenvalue weighted by Crippen LogP contribution is 2.28. The fraction of sp³-hybridized carbons (Fsp3) is 0.435. The van der Waals surface area contributed by atoms with E-state index in [9.17, 15) is 5.11 Å². The van der Waals surface area contributed by atoms with Crippen LogP contribution in [-0.2, 0) is 0 Å². The first-order valence-electron chi connectivity index (χ1n) is 10.1. The van der Waals surface area contributed by atoms with E-state index in [0.717, 1.165) is 37.6 Å². The lowest BCUT2D eigenvalue weighted by Gasteiger charge is -2.22. The highest BCUT2D eigenvalue weighted by molar-refractivity contribution is 5.80. The molecule has 2 N–H and O–H groups in total. The number of aliphatic imine (C=N–C) groups is 1. The predicted molar refractivity (Wildman–Crippen MR) is 116 cm³/mol. The van der Waals surface area contributed by atoms with Crippen molar-refractivity contribution in [3.05, 3.63) is 59.7 Å². The minimum absolute atomic E-state index is 0.269. The molecule has 1 fully saturated rings. The number of aliphatic hydroxyl groups is 1. The third kappa shape index (κ3) is 5.41. The molecule has 6 heteroatoms. The van der Waals surface area contributed by atoms with E-state index in [0.29, 0.717) is 17.4 Å². The van der Waals surface area contributed by atoms with Gasteiger partial charge in [-0.15, -0.1) is 0 Å². The Hall–Kier alpha value is -2.73. The van der Waals surface area contributed by atoms with E-state index in [-0.39, 0.29) is 6.54 Å². The summed E-state index contributed by atoms with van der Waals surface area (Å²) in [6, 6.07) is 16.0. The summed E-state index contributed by atoms with van der Waals surface area (Å²) in [7, 11) is 3.20. The maximum atomic E-state index is 10.7. The smallest absolute Gasteiger partial charge is 0.194 e. The van der Waals surface area contributed by atoms with E-state index in [1.165, 1.54) is 5.56 Å². The summed E-state index contributed by atoms with van der Waals surface area (Å²) in [5.74, 6) is 2.66. The van der Waals surface area contributed by atoms with Crippen LogP contribution >= 0.6 is 0 Å². The van der Waals surface area contributed by atoms with Crippen LogP contribution in [0, 0.1) is 0 Å². The number of nitrogens with one attached hydrogen (secondary N) is 1. The minimum atomic E-state index is -0.736. The van der Waals surface area contributed by atoms with Crippen molar-refractivity contribution in [2.45, 2.75) is 25.4 Å². The van der Waals surface area contributed by atoms with E-state index in [1.54, 1.807) is 20.3 Å². The first-order valence-corrected chi connectivity index (χ1v) is 10.1. The lowest BCUT2D eigenvalue weighted by atomic mass is 9.99. The average molecular weight is 398 g/mol. The molecule has 2 atom stereocenters. The van der Waals surface area contributed by atoms with Crippen LogP contribution < -0.4 is 14.8 Å². The molecule has 0 bridgehead atoms. The second-order valence-corrected chi connectivity index (χ2v) is 7.20. The molecule has 0 aliphatic carbocycles. The third-order valence-electron chi connectivity index (χ3n) is 5.27. The summed E-state index contributed by atoms with van der Waals surface area (Å²) in [4.78, 5) is 6.99. The Kier molecular flexibility index (Phi) is 7.36. The Balaban J connectivity index is 1.69. The van der Waals surface area contributed by atoms with Crippen molar-refractivity contribution >= 4 is 5.96 Å². The van der Waals surface area contributed by atoms with Gasteiger partial charge < -0.3 is 24.8 Å². The van der Waals surface area contributed by atoms with Crippen LogP contribution in [0.5, 0.6) is 11.5 Å². The van der Waals surface area contributed by atoms with Crippen LogP contribution in [0.25, 0.3) is 0 Å². The lowest BCUT2D eigenvalue weighted by Crippen LogP contribution is -2.40. The van der Waals surface area contributed by atoms with Gasteiger partial charge in [0.25, 0.3) is 0 Å². The Morgan fingerprint density at radius 1 is 1.17 bits per heavy atom. The standard InChI is InChI=1S/C23H31N3O3/c1-4-24-23(26-11-10-18(16-26)17-8-6-5-7-9-17)25-15-22(27)19-12-20(28-2)14-21(13-19)29-3/h5-9,12-14,18,22,27H,4,10-11,15-16H2,1-3H3,(H,24,25). The molecule has 0 spiro atoms. The lowest BCUT2D eigenvalue weighted by molar-refractivity contribution is 0.185. The number of guanidine groups is 1. The Morgan fingerprint density at radius 2 is 1.86 bits per heavy atom. The molecule has 0 aromatic heterocycles. The minimum Gasteiger partial charge on any atom is -0.497 e. The monoisotopic (exact) mass is 397 g/mol.